The van der Waals surface area contributed by atoms with Crippen molar-refractivity contribution in [2.24, 2.45) is 0 Å². The summed E-state index contributed by atoms with van der Waals surface area (Å²) in [6.07, 6.45) is -6.65. The third-order valence-corrected chi connectivity index (χ3v) is 2.92. The largest absolute Gasteiger partial charge is 1.00 e. The fourth-order valence-corrected chi connectivity index (χ4v) is 1.82. The summed E-state index contributed by atoms with van der Waals surface area (Å²) in [6, 6.07) is 5.34. The molecule has 0 unspecified atom stereocenters. The topological polar surface area (TPSA) is 122 Å². The van der Waals surface area contributed by atoms with Gasteiger partial charge < -0.3 is 35.0 Å². The number of rotatable bonds is 3. The van der Waals surface area contributed by atoms with Gasteiger partial charge in [0.15, 0.2) is 0 Å². The van der Waals surface area contributed by atoms with Crippen LogP contribution < -0.4 is 39.4 Å². The second kappa shape index (κ2) is 7.58. The Morgan fingerprint density at radius 3 is 2.20 bits per heavy atom. The van der Waals surface area contributed by atoms with Gasteiger partial charge in [0.1, 0.15) is 30.2 Å². The summed E-state index contributed by atoms with van der Waals surface area (Å²) in [5.41, 5.74) is 0. The number of ether oxygens (including phenoxy) is 2. The van der Waals surface area contributed by atoms with Crippen molar-refractivity contribution in [3.05, 3.63) is 24.3 Å². The molecule has 1 aliphatic rings. The molecule has 1 saturated heterocycles. The predicted molar refractivity (Wildman–Crippen MR) is 60.3 cm³/mol. The molecule has 5 atom stereocenters. The van der Waals surface area contributed by atoms with Crippen molar-refractivity contribution in [1.82, 2.24) is 0 Å². The summed E-state index contributed by atoms with van der Waals surface area (Å²) in [5.74, 6) is 0.0742. The molecule has 0 aliphatic carbocycles. The smallest absolute Gasteiger partial charge is 0.872 e. The number of hydrogen-bond donors (Lipinski definition) is 4. The van der Waals surface area contributed by atoms with Crippen molar-refractivity contribution in [2.75, 3.05) is 6.61 Å². The summed E-state index contributed by atoms with van der Waals surface area (Å²) in [7, 11) is 0. The molecule has 1 aromatic carbocycles. The third kappa shape index (κ3) is 3.84. The molecule has 0 amide bonds. The van der Waals surface area contributed by atoms with Crippen LogP contribution in [0.2, 0.25) is 0 Å². The predicted octanol–water partition coefficient (Wildman–Crippen LogP) is -5.06. The van der Waals surface area contributed by atoms with E-state index in [-0.39, 0.29) is 41.1 Å². The molecular weight excluding hydrogens is 279 g/mol. The fourth-order valence-electron chi connectivity index (χ4n) is 1.82. The van der Waals surface area contributed by atoms with Gasteiger partial charge in [0.05, 0.1) is 6.61 Å². The summed E-state index contributed by atoms with van der Waals surface area (Å²) in [5, 5.41) is 48.8. The average Bonchev–Trinajstić information content (AvgIpc) is 2.42. The zero-order valence-electron chi connectivity index (χ0n) is 10.9. The van der Waals surface area contributed by atoms with Crippen LogP contribution in [0, 0.1) is 0 Å². The molecule has 2 rings (SSSR count). The van der Waals surface area contributed by atoms with E-state index >= 15 is 0 Å². The van der Waals surface area contributed by atoms with Gasteiger partial charge in [0.25, 0.3) is 0 Å². The van der Waals surface area contributed by atoms with Gasteiger partial charge in [-0.1, -0.05) is 12.1 Å². The third-order valence-electron chi connectivity index (χ3n) is 2.92. The number of aliphatic hydroxyl groups is 4. The number of benzene rings is 1. The Bertz CT molecular complexity index is 411. The van der Waals surface area contributed by atoms with Gasteiger partial charge >= 0.3 is 29.6 Å². The second-order valence-corrected chi connectivity index (χ2v) is 4.29. The second-order valence-electron chi connectivity index (χ2n) is 4.29. The summed E-state index contributed by atoms with van der Waals surface area (Å²) >= 11 is 0. The zero-order chi connectivity index (χ0) is 14.0. The average molecular weight is 294 g/mol. The van der Waals surface area contributed by atoms with Crippen molar-refractivity contribution < 1.29 is 64.6 Å². The van der Waals surface area contributed by atoms with Crippen LogP contribution in [0.5, 0.6) is 11.5 Å². The Morgan fingerprint density at radius 2 is 1.65 bits per heavy atom. The first kappa shape index (κ1) is 17.7. The van der Waals surface area contributed by atoms with Crippen LogP contribution in [-0.4, -0.2) is 57.7 Å². The van der Waals surface area contributed by atoms with Crippen LogP contribution >= 0.6 is 0 Å². The maximum atomic E-state index is 10.9. The maximum absolute atomic E-state index is 10.9. The minimum atomic E-state index is -1.49. The van der Waals surface area contributed by atoms with E-state index in [2.05, 4.69) is 0 Å². The Balaban J connectivity index is 0.00000200. The minimum absolute atomic E-state index is 0. The number of aliphatic hydroxyl groups excluding tert-OH is 4. The standard InChI is InChI=1S/C12H16O7.Na/c13-5-8-9(15)10(16)11(17)12(19-8)18-7-3-1-6(14)2-4-7;/h1-4,8-17H,5H2;/q;+1/p-1/t8-,9-,10+,11-,12-;/m1./s1. The SMILES string of the molecule is [Na+].[O-]c1ccc(O[C@@H]2O[C@H](CO)[C@@H](O)[C@H](O)[C@H]2O)cc1. The molecule has 1 fully saturated rings. The molecule has 8 heteroatoms. The molecule has 1 aliphatic heterocycles. The van der Waals surface area contributed by atoms with Crippen molar-refractivity contribution in [3.8, 4) is 11.5 Å². The fraction of sp³-hybridized carbons (Fsp3) is 0.500. The van der Waals surface area contributed by atoms with Gasteiger partial charge in [-0.05, 0) is 12.1 Å². The van der Waals surface area contributed by atoms with Gasteiger partial charge in [-0.3, -0.25) is 0 Å². The summed E-state index contributed by atoms with van der Waals surface area (Å²) in [4.78, 5) is 0. The molecule has 1 aromatic rings. The first-order valence-electron chi connectivity index (χ1n) is 5.77. The van der Waals surface area contributed by atoms with Crippen molar-refractivity contribution in [2.45, 2.75) is 30.7 Å². The molecule has 20 heavy (non-hydrogen) atoms. The van der Waals surface area contributed by atoms with Gasteiger partial charge in [-0.15, -0.1) is 5.75 Å². The molecule has 7 nitrogen and oxygen atoms in total. The molecule has 0 bridgehead atoms. The first-order valence-corrected chi connectivity index (χ1v) is 5.77. The molecule has 4 N–H and O–H groups in total. The van der Waals surface area contributed by atoms with E-state index in [0.29, 0.717) is 0 Å². The Morgan fingerprint density at radius 1 is 1.05 bits per heavy atom. The van der Waals surface area contributed by atoms with Crippen LogP contribution in [0.15, 0.2) is 24.3 Å². The first-order chi connectivity index (χ1) is 9.02. The van der Waals surface area contributed by atoms with Gasteiger partial charge in [-0.2, -0.15) is 0 Å². The van der Waals surface area contributed by atoms with E-state index in [4.69, 9.17) is 14.6 Å². The summed E-state index contributed by atoms with van der Waals surface area (Å²) < 4.78 is 10.4. The van der Waals surface area contributed by atoms with E-state index in [0.717, 1.165) is 0 Å². The van der Waals surface area contributed by atoms with Gasteiger partial charge in [0.2, 0.25) is 6.29 Å². The van der Waals surface area contributed by atoms with Gasteiger partial charge in [0, 0.05) is 0 Å². The van der Waals surface area contributed by atoms with E-state index < -0.39 is 37.3 Å². The van der Waals surface area contributed by atoms with Crippen LogP contribution in [0.25, 0.3) is 0 Å². The Hall–Kier alpha value is -0.380. The maximum Gasteiger partial charge on any atom is 1.00 e. The van der Waals surface area contributed by atoms with Crippen molar-refractivity contribution in [1.29, 1.82) is 0 Å². The van der Waals surface area contributed by atoms with Gasteiger partial charge in [-0.25, -0.2) is 0 Å². The molecule has 1 heterocycles. The minimum Gasteiger partial charge on any atom is -0.872 e. The molecule has 0 aromatic heterocycles. The monoisotopic (exact) mass is 294 g/mol. The van der Waals surface area contributed by atoms with Crippen molar-refractivity contribution in [3.63, 3.8) is 0 Å². The molecule has 106 valence electrons. The van der Waals surface area contributed by atoms with Crippen LogP contribution in [0.3, 0.4) is 0 Å². The quantitative estimate of drug-likeness (QED) is 0.411. The van der Waals surface area contributed by atoms with E-state index in [1.807, 2.05) is 0 Å². The Labute approximate surface area is 137 Å². The molecule has 0 spiro atoms. The number of hydrogen-bond acceptors (Lipinski definition) is 7. The Kier molecular flexibility index (Phi) is 6.70. The van der Waals surface area contributed by atoms with Crippen molar-refractivity contribution >= 4 is 0 Å². The van der Waals surface area contributed by atoms with Crippen LogP contribution in [0.4, 0.5) is 0 Å². The van der Waals surface area contributed by atoms with E-state index in [1.165, 1.54) is 24.3 Å². The van der Waals surface area contributed by atoms with E-state index in [9.17, 15) is 20.4 Å². The summed E-state index contributed by atoms with van der Waals surface area (Å²) in [6.45, 7) is -0.524. The van der Waals surface area contributed by atoms with Crippen LogP contribution in [-0.2, 0) is 4.74 Å². The molecular formula is C12H15NaO7. The molecule has 0 saturated carbocycles. The molecule has 0 radical (unpaired) electrons. The normalized spacial score (nSPS) is 33.3. The van der Waals surface area contributed by atoms with E-state index in [1.54, 1.807) is 0 Å². The van der Waals surface area contributed by atoms with Crippen LogP contribution in [0.1, 0.15) is 0 Å². The zero-order valence-corrected chi connectivity index (χ0v) is 12.9.